The van der Waals surface area contributed by atoms with Gasteiger partial charge >= 0.3 is 0 Å². The van der Waals surface area contributed by atoms with Crippen LogP contribution in [-0.4, -0.2) is 53.8 Å². The Morgan fingerprint density at radius 3 is 2.37 bits per heavy atom. The minimum absolute atomic E-state index is 0.0159. The predicted molar refractivity (Wildman–Crippen MR) is 140 cm³/mol. The molecule has 0 radical (unpaired) electrons. The third kappa shape index (κ3) is 6.64. The van der Waals surface area contributed by atoms with E-state index in [1.165, 1.54) is 0 Å². The molecule has 4 rings (SSSR count). The molecule has 2 heterocycles. The number of nitrogens with two attached hydrogens (primary N) is 1. The van der Waals surface area contributed by atoms with E-state index >= 15 is 0 Å². The summed E-state index contributed by atoms with van der Waals surface area (Å²) in [6, 6.07) is 20.0. The first-order valence-corrected chi connectivity index (χ1v) is 12.1. The van der Waals surface area contributed by atoms with Gasteiger partial charge in [0.2, 0.25) is 11.8 Å². The van der Waals surface area contributed by atoms with Gasteiger partial charge in [0.05, 0.1) is 6.42 Å². The summed E-state index contributed by atoms with van der Waals surface area (Å²) in [4.78, 5) is 31.8. The van der Waals surface area contributed by atoms with Crippen molar-refractivity contribution in [3.63, 3.8) is 0 Å². The Morgan fingerprint density at radius 1 is 1.00 bits per heavy atom. The normalized spacial score (nSPS) is 13.4. The average Bonchev–Trinajstić information content (AvgIpc) is 2.89. The third-order valence-corrected chi connectivity index (χ3v) is 6.16. The number of primary amides is 1. The van der Waals surface area contributed by atoms with Gasteiger partial charge in [-0.05, 0) is 29.8 Å². The van der Waals surface area contributed by atoms with Gasteiger partial charge in [-0.2, -0.15) is 0 Å². The molecule has 0 bridgehead atoms. The van der Waals surface area contributed by atoms with E-state index in [-0.39, 0.29) is 18.2 Å². The molecule has 1 aliphatic heterocycles. The highest BCUT2D eigenvalue weighted by atomic mass is 35.5. The quantitative estimate of drug-likeness (QED) is 0.396. The molecule has 0 atom stereocenters. The lowest BCUT2D eigenvalue weighted by molar-refractivity contribution is -0.128. The van der Waals surface area contributed by atoms with Gasteiger partial charge in [0.25, 0.3) is 0 Å². The summed E-state index contributed by atoms with van der Waals surface area (Å²) in [5.74, 6) is 0.271. The Morgan fingerprint density at radius 2 is 1.71 bits per heavy atom. The Bertz CT molecular complexity index is 1150. The number of hydrogen-bond acceptors (Lipinski definition) is 6. The number of amides is 2. The van der Waals surface area contributed by atoms with Gasteiger partial charge < -0.3 is 26.2 Å². The molecule has 35 heavy (non-hydrogen) atoms. The van der Waals surface area contributed by atoms with E-state index in [1.54, 1.807) is 11.1 Å². The van der Waals surface area contributed by atoms with Crippen LogP contribution in [0.4, 0.5) is 22.9 Å². The number of carbonyl (C=O) groups is 2. The summed E-state index contributed by atoms with van der Waals surface area (Å²) in [5.41, 5.74) is 10.1. The zero-order valence-electron chi connectivity index (χ0n) is 19.4. The van der Waals surface area contributed by atoms with Crippen molar-refractivity contribution in [1.29, 1.82) is 0 Å². The van der Waals surface area contributed by atoms with Crippen molar-refractivity contribution >= 4 is 46.3 Å². The first-order valence-electron chi connectivity index (χ1n) is 11.5. The first kappa shape index (κ1) is 24.3. The van der Waals surface area contributed by atoms with Crippen molar-refractivity contribution in [2.45, 2.75) is 13.0 Å². The highest BCUT2D eigenvalue weighted by Gasteiger charge is 2.20. The van der Waals surface area contributed by atoms with E-state index in [4.69, 9.17) is 17.3 Å². The van der Waals surface area contributed by atoms with Crippen LogP contribution in [0.3, 0.4) is 0 Å². The standard InChI is InChI=1S/C26H29ClN6O2/c27-16-26(35)33-12-10-32(11-13-33)22-8-6-21(7-9-22)31-25-15-23(20(18-30-25)14-24(28)34)29-17-19-4-2-1-3-5-19/h1-9,15,18H,10-14,16-17H2,(H2,28,34)(H2,29,30,31). The van der Waals surface area contributed by atoms with Crippen molar-refractivity contribution < 1.29 is 9.59 Å². The first-order chi connectivity index (χ1) is 17.0. The summed E-state index contributed by atoms with van der Waals surface area (Å²) in [7, 11) is 0. The lowest BCUT2D eigenvalue weighted by Crippen LogP contribution is -2.49. The molecule has 8 nitrogen and oxygen atoms in total. The number of piperazine rings is 1. The second-order valence-corrected chi connectivity index (χ2v) is 8.65. The molecule has 182 valence electrons. The van der Waals surface area contributed by atoms with E-state index < -0.39 is 5.91 Å². The van der Waals surface area contributed by atoms with Crippen molar-refractivity contribution in [1.82, 2.24) is 9.88 Å². The number of alkyl halides is 1. The second kappa shape index (κ2) is 11.6. The lowest BCUT2D eigenvalue weighted by Gasteiger charge is -2.36. The maximum atomic E-state index is 11.8. The summed E-state index contributed by atoms with van der Waals surface area (Å²) in [5, 5.41) is 6.73. The zero-order valence-corrected chi connectivity index (χ0v) is 20.2. The molecule has 3 aromatic rings. The molecule has 0 spiro atoms. The molecule has 0 saturated carbocycles. The van der Waals surface area contributed by atoms with Crippen LogP contribution in [0, 0.1) is 0 Å². The maximum absolute atomic E-state index is 11.8. The average molecular weight is 493 g/mol. The fraction of sp³-hybridized carbons (Fsp3) is 0.269. The number of rotatable bonds is 9. The Kier molecular flexibility index (Phi) is 8.05. The third-order valence-electron chi connectivity index (χ3n) is 5.93. The van der Waals surface area contributed by atoms with E-state index in [1.807, 2.05) is 48.5 Å². The van der Waals surface area contributed by atoms with Crippen LogP contribution >= 0.6 is 11.6 Å². The molecule has 1 aliphatic rings. The number of carbonyl (C=O) groups excluding carboxylic acids is 2. The summed E-state index contributed by atoms with van der Waals surface area (Å²) in [6.45, 7) is 3.51. The van der Waals surface area contributed by atoms with Crippen molar-refractivity contribution in [2.75, 3.05) is 47.6 Å². The highest BCUT2D eigenvalue weighted by molar-refractivity contribution is 6.27. The molecule has 4 N–H and O–H groups in total. The molecule has 1 aromatic heterocycles. The molecule has 2 amide bonds. The second-order valence-electron chi connectivity index (χ2n) is 8.38. The molecule has 1 fully saturated rings. The molecular weight excluding hydrogens is 464 g/mol. The number of halogens is 1. The molecule has 2 aromatic carbocycles. The minimum atomic E-state index is -0.404. The Balaban J connectivity index is 1.41. The van der Waals surface area contributed by atoms with Gasteiger partial charge in [-0.25, -0.2) is 4.98 Å². The molecular formula is C26H29ClN6O2. The fourth-order valence-electron chi connectivity index (χ4n) is 4.04. The van der Waals surface area contributed by atoms with Crippen LogP contribution in [0.1, 0.15) is 11.1 Å². The SMILES string of the molecule is NC(=O)Cc1cnc(Nc2ccc(N3CCN(C(=O)CCl)CC3)cc2)cc1NCc1ccccc1. The van der Waals surface area contributed by atoms with Crippen LogP contribution in [0.2, 0.25) is 0 Å². The van der Waals surface area contributed by atoms with Gasteiger partial charge in [-0.1, -0.05) is 30.3 Å². The van der Waals surface area contributed by atoms with Gasteiger partial charge in [-0.15, -0.1) is 11.6 Å². The van der Waals surface area contributed by atoms with Crippen LogP contribution in [0.5, 0.6) is 0 Å². The number of aromatic nitrogens is 1. The van der Waals surface area contributed by atoms with Crippen molar-refractivity contribution in [2.24, 2.45) is 5.73 Å². The van der Waals surface area contributed by atoms with Crippen molar-refractivity contribution in [3.8, 4) is 0 Å². The lowest BCUT2D eigenvalue weighted by atomic mass is 10.1. The van der Waals surface area contributed by atoms with Crippen LogP contribution < -0.4 is 21.3 Å². The van der Waals surface area contributed by atoms with Gasteiger partial charge in [-0.3, -0.25) is 9.59 Å². The molecule has 1 saturated heterocycles. The van der Waals surface area contributed by atoms with Crippen LogP contribution in [0.15, 0.2) is 66.9 Å². The van der Waals surface area contributed by atoms with Crippen LogP contribution in [0.25, 0.3) is 0 Å². The number of anilines is 4. The van der Waals surface area contributed by atoms with E-state index in [9.17, 15) is 9.59 Å². The van der Waals surface area contributed by atoms with E-state index in [0.717, 1.165) is 41.3 Å². The van der Waals surface area contributed by atoms with Crippen molar-refractivity contribution in [3.05, 3.63) is 78.0 Å². The largest absolute Gasteiger partial charge is 0.381 e. The Hall–Kier alpha value is -3.78. The van der Waals surface area contributed by atoms with E-state index in [0.29, 0.717) is 25.5 Å². The zero-order chi connectivity index (χ0) is 24.6. The van der Waals surface area contributed by atoms with Crippen LogP contribution in [-0.2, 0) is 22.6 Å². The van der Waals surface area contributed by atoms with E-state index in [2.05, 4.69) is 32.7 Å². The molecule has 0 unspecified atom stereocenters. The Labute approximate surface area is 210 Å². The number of nitrogens with one attached hydrogen (secondary N) is 2. The number of nitrogens with zero attached hydrogens (tertiary/aromatic N) is 3. The van der Waals surface area contributed by atoms with Gasteiger partial charge in [0.15, 0.2) is 0 Å². The van der Waals surface area contributed by atoms with Gasteiger partial charge in [0.1, 0.15) is 11.7 Å². The topological polar surface area (TPSA) is 104 Å². The molecule has 9 heteroatoms. The molecule has 0 aliphatic carbocycles. The summed E-state index contributed by atoms with van der Waals surface area (Å²) >= 11 is 5.67. The number of pyridine rings is 1. The predicted octanol–water partition coefficient (Wildman–Crippen LogP) is 3.35. The highest BCUT2D eigenvalue weighted by Crippen LogP contribution is 2.25. The monoisotopic (exact) mass is 492 g/mol. The fourth-order valence-corrected chi connectivity index (χ4v) is 4.21. The number of benzene rings is 2. The maximum Gasteiger partial charge on any atom is 0.237 e. The minimum Gasteiger partial charge on any atom is -0.381 e. The smallest absolute Gasteiger partial charge is 0.237 e. The number of hydrogen-bond donors (Lipinski definition) is 3. The summed E-state index contributed by atoms with van der Waals surface area (Å²) in [6.07, 6.45) is 1.79. The van der Waals surface area contributed by atoms with Gasteiger partial charge in [0, 0.05) is 67.6 Å². The summed E-state index contributed by atoms with van der Waals surface area (Å²) < 4.78 is 0.